The van der Waals surface area contributed by atoms with Crippen molar-refractivity contribution in [2.75, 3.05) is 7.11 Å². The second kappa shape index (κ2) is 5.36. The van der Waals surface area contributed by atoms with Gasteiger partial charge < -0.3 is 15.6 Å². The number of ether oxygens (including phenoxy) is 1. The molecule has 0 saturated carbocycles. The monoisotopic (exact) mass is 209 g/mol. The number of aliphatic hydroxyl groups is 1. The molecule has 0 aliphatic carbocycles. The molecule has 1 aromatic carbocycles. The van der Waals surface area contributed by atoms with Crippen LogP contribution in [0.3, 0.4) is 0 Å². The number of hydrogen-bond donors (Lipinski definition) is 2. The van der Waals surface area contributed by atoms with Crippen molar-refractivity contribution in [3.63, 3.8) is 0 Å². The average Bonchev–Trinajstić information content (AvgIpc) is 2.25. The molecule has 82 valence electrons. The molecule has 1 rings (SSSR count). The number of primary amides is 1. The largest absolute Gasteiger partial charge is 0.496 e. The number of rotatable bonds is 5. The minimum absolute atomic E-state index is 0.166. The first kappa shape index (κ1) is 11.5. The minimum atomic E-state index is -0.714. The standard InChI is InChI=1S/C11H15NO3/c1-15-10-5-3-2-4-8(10)9(13)6-7-11(12)14/h2-5,9,13H,6-7H2,1H3,(H2,12,14). The quantitative estimate of drug-likeness (QED) is 0.759. The molecule has 4 nitrogen and oxygen atoms in total. The molecule has 15 heavy (non-hydrogen) atoms. The molecule has 0 aliphatic rings. The molecular weight excluding hydrogens is 194 g/mol. The van der Waals surface area contributed by atoms with E-state index in [2.05, 4.69) is 0 Å². The summed E-state index contributed by atoms with van der Waals surface area (Å²) in [5.74, 6) is 0.207. The van der Waals surface area contributed by atoms with Crippen molar-refractivity contribution in [2.24, 2.45) is 5.73 Å². The summed E-state index contributed by atoms with van der Waals surface area (Å²) in [6.07, 6.45) is -0.233. The van der Waals surface area contributed by atoms with Crippen molar-refractivity contribution in [1.29, 1.82) is 0 Å². The maximum atomic E-state index is 10.6. The van der Waals surface area contributed by atoms with Crippen LogP contribution in [0.25, 0.3) is 0 Å². The van der Waals surface area contributed by atoms with E-state index in [9.17, 15) is 9.90 Å². The molecule has 1 amide bonds. The van der Waals surface area contributed by atoms with E-state index in [4.69, 9.17) is 10.5 Å². The predicted octanol–water partition coefficient (Wildman–Crippen LogP) is 0.994. The molecule has 3 N–H and O–H groups in total. The van der Waals surface area contributed by atoms with Crippen LogP contribution in [0.2, 0.25) is 0 Å². The first-order chi connectivity index (χ1) is 7.15. The normalized spacial score (nSPS) is 12.1. The fourth-order valence-corrected chi connectivity index (χ4v) is 1.38. The third kappa shape index (κ3) is 3.25. The predicted molar refractivity (Wildman–Crippen MR) is 56.4 cm³/mol. The van der Waals surface area contributed by atoms with Gasteiger partial charge in [0.1, 0.15) is 5.75 Å². The summed E-state index contributed by atoms with van der Waals surface area (Å²) < 4.78 is 5.10. The van der Waals surface area contributed by atoms with Gasteiger partial charge in [-0.05, 0) is 12.5 Å². The van der Waals surface area contributed by atoms with Gasteiger partial charge >= 0.3 is 0 Å². The Hall–Kier alpha value is -1.55. The molecule has 0 spiro atoms. The van der Waals surface area contributed by atoms with Crippen LogP contribution < -0.4 is 10.5 Å². The molecule has 4 heteroatoms. The summed E-state index contributed by atoms with van der Waals surface area (Å²) in [4.78, 5) is 10.6. The van der Waals surface area contributed by atoms with E-state index in [1.54, 1.807) is 19.2 Å². The van der Waals surface area contributed by atoms with E-state index in [0.717, 1.165) is 0 Å². The van der Waals surface area contributed by atoms with Crippen molar-refractivity contribution >= 4 is 5.91 Å². The van der Waals surface area contributed by atoms with Gasteiger partial charge in [-0.3, -0.25) is 4.79 Å². The van der Waals surface area contributed by atoms with Crippen LogP contribution in [-0.2, 0) is 4.79 Å². The van der Waals surface area contributed by atoms with Gasteiger partial charge in [0, 0.05) is 12.0 Å². The van der Waals surface area contributed by atoms with Gasteiger partial charge in [0.05, 0.1) is 13.2 Å². The lowest BCUT2D eigenvalue weighted by atomic mass is 10.0. The van der Waals surface area contributed by atoms with Crippen LogP contribution >= 0.6 is 0 Å². The maximum absolute atomic E-state index is 10.6. The highest BCUT2D eigenvalue weighted by molar-refractivity contribution is 5.73. The average molecular weight is 209 g/mol. The third-order valence-electron chi connectivity index (χ3n) is 2.16. The number of hydrogen-bond acceptors (Lipinski definition) is 3. The van der Waals surface area contributed by atoms with E-state index in [-0.39, 0.29) is 6.42 Å². The molecule has 0 aromatic heterocycles. The van der Waals surface area contributed by atoms with Crippen molar-refractivity contribution in [2.45, 2.75) is 18.9 Å². The Balaban J connectivity index is 2.72. The highest BCUT2D eigenvalue weighted by Crippen LogP contribution is 2.27. The van der Waals surface area contributed by atoms with Crippen molar-refractivity contribution < 1.29 is 14.6 Å². The van der Waals surface area contributed by atoms with Crippen LogP contribution in [0.1, 0.15) is 24.5 Å². The summed E-state index contributed by atoms with van der Waals surface area (Å²) in [7, 11) is 1.54. The van der Waals surface area contributed by atoms with E-state index in [1.165, 1.54) is 0 Å². The van der Waals surface area contributed by atoms with Gasteiger partial charge in [-0.1, -0.05) is 18.2 Å². The van der Waals surface area contributed by atoms with Gasteiger partial charge in [-0.25, -0.2) is 0 Å². The van der Waals surface area contributed by atoms with E-state index >= 15 is 0 Å². The van der Waals surface area contributed by atoms with Crippen molar-refractivity contribution in [1.82, 2.24) is 0 Å². The Labute approximate surface area is 88.7 Å². The summed E-state index contributed by atoms with van der Waals surface area (Å²) in [5, 5.41) is 9.79. The van der Waals surface area contributed by atoms with Crippen molar-refractivity contribution in [3.05, 3.63) is 29.8 Å². The van der Waals surface area contributed by atoms with E-state index in [1.807, 2.05) is 12.1 Å². The molecule has 0 fully saturated rings. The van der Waals surface area contributed by atoms with Gasteiger partial charge in [0.2, 0.25) is 5.91 Å². The lowest BCUT2D eigenvalue weighted by Gasteiger charge is -2.13. The van der Waals surface area contributed by atoms with Gasteiger partial charge in [-0.2, -0.15) is 0 Å². The molecule has 0 bridgehead atoms. The van der Waals surface area contributed by atoms with Crippen LogP contribution in [0, 0.1) is 0 Å². The maximum Gasteiger partial charge on any atom is 0.217 e. The van der Waals surface area contributed by atoms with Crippen LogP contribution in [-0.4, -0.2) is 18.1 Å². The molecule has 0 saturated heterocycles. The fourth-order valence-electron chi connectivity index (χ4n) is 1.38. The second-order valence-electron chi connectivity index (χ2n) is 3.26. The Morgan fingerprint density at radius 3 is 2.80 bits per heavy atom. The fraction of sp³-hybridized carbons (Fsp3) is 0.364. The topological polar surface area (TPSA) is 72.6 Å². The van der Waals surface area contributed by atoms with Crippen molar-refractivity contribution in [3.8, 4) is 5.75 Å². The van der Waals surface area contributed by atoms with E-state index < -0.39 is 12.0 Å². The summed E-state index contributed by atoms with van der Waals surface area (Å²) in [6.45, 7) is 0. The highest BCUT2D eigenvalue weighted by atomic mass is 16.5. The minimum Gasteiger partial charge on any atom is -0.496 e. The van der Waals surface area contributed by atoms with Gasteiger partial charge in [0.25, 0.3) is 0 Å². The number of benzene rings is 1. The zero-order chi connectivity index (χ0) is 11.3. The van der Waals surface area contributed by atoms with Gasteiger partial charge in [0.15, 0.2) is 0 Å². The number of nitrogens with two attached hydrogens (primary N) is 1. The molecular formula is C11H15NO3. The third-order valence-corrected chi connectivity index (χ3v) is 2.16. The Bertz CT molecular complexity index is 338. The number of carbonyl (C=O) groups is 1. The van der Waals surface area contributed by atoms with Crippen LogP contribution in [0.5, 0.6) is 5.75 Å². The van der Waals surface area contributed by atoms with E-state index in [0.29, 0.717) is 17.7 Å². The molecule has 1 unspecified atom stereocenters. The van der Waals surface area contributed by atoms with Crippen LogP contribution in [0.15, 0.2) is 24.3 Å². The zero-order valence-corrected chi connectivity index (χ0v) is 8.64. The number of amides is 1. The zero-order valence-electron chi connectivity index (χ0n) is 8.64. The second-order valence-corrected chi connectivity index (χ2v) is 3.26. The smallest absolute Gasteiger partial charge is 0.217 e. The summed E-state index contributed by atoms with van der Waals surface area (Å²) in [5.41, 5.74) is 5.69. The number of carbonyl (C=O) groups excluding carboxylic acids is 1. The summed E-state index contributed by atoms with van der Waals surface area (Å²) >= 11 is 0. The molecule has 1 atom stereocenters. The SMILES string of the molecule is COc1ccccc1C(O)CCC(N)=O. The van der Waals surface area contributed by atoms with Gasteiger partial charge in [-0.15, -0.1) is 0 Å². The molecule has 0 aliphatic heterocycles. The number of aliphatic hydroxyl groups excluding tert-OH is 1. The number of methoxy groups -OCH3 is 1. The molecule has 0 radical (unpaired) electrons. The Morgan fingerprint density at radius 2 is 2.20 bits per heavy atom. The Kier molecular flexibility index (Phi) is 4.12. The first-order valence-corrected chi connectivity index (χ1v) is 4.74. The summed E-state index contributed by atoms with van der Waals surface area (Å²) in [6, 6.07) is 7.17. The molecule has 0 heterocycles. The lowest BCUT2D eigenvalue weighted by molar-refractivity contribution is -0.118. The highest BCUT2D eigenvalue weighted by Gasteiger charge is 2.13. The van der Waals surface area contributed by atoms with Crippen LogP contribution in [0.4, 0.5) is 0 Å². The number of para-hydroxylation sites is 1. The first-order valence-electron chi connectivity index (χ1n) is 4.74. The molecule has 1 aromatic rings. The lowest BCUT2D eigenvalue weighted by Crippen LogP contribution is -2.12. The Morgan fingerprint density at radius 1 is 1.53 bits per heavy atom.